The Balaban J connectivity index is 1.33. The van der Waals surface area contributed by atoms with Gasteiger partial charge in [-0.3, -0.25) is 4.79 Å². The fourth-order valence-electron chi connectivity index (χ4n) is 4.93. The molecule has 178 valence electrons. The number of carbonyl (C=O) groups excluding carboxylic acids is 1. The van der Waals surface area contributed by atoms with Gasteiger partial charge in [0.25, 0.3) is 11.6 Å². The number of amides is 1. The number of pyridine rings is 1. The average Bonchev–Trinajstić information content (AvgIpc) is 3.54. The van der Waals surface area contributed by atoms with Gasteiger partial charge in [0.1, 0.15) is 0 Å². The number of benzene rings is 2. The van der Waals surface area contributed by atoms with Crippen LogP contribution in [0.1, 0.15) is 34.5 Å². The Morgan fingerprint density at radius 1 is 1.03 bits per heavy atom. The molecule has 0 bridgehead atoms. The van der Waals surface area contributed by atoms with Gasteiger partial charge >= 0.3 is 0 Å². The zero-order chi connectivity index (χ0) is 23.8. The highest BCUT2D eigenvalue weighted by Gasteiger charge is 2.36. The fraction of sp³-hybridized carbons (Fsp3) is 0.296. The Kier molecular flexibility index (Phi) is 5.37. The summed E-state index contributed by atoms with van der Waals surface area (Å²) in [5.74, 6) is 1.30. The van der Waals surface area contributed by atoms with Crippen molar-refractivity contribution < 1.29 is 23.5 Å². The van der Waals surface area contributed by atoms with Crippen LogP contribution in [0.5, 0.6) is 11.5 Å². The Bertz CT molecular complexity index is 1390. The maximum Gasteiger partial charge on any atom is 0.259 e. The van der Waals surface area contributed by atoms with Crippen molar-refractivity contribution in [2.45, 2.75) is 25.2 Å². The predicted molar refractivity (Wildman–Crippen MR) is 129 cm³/mol. The Morgan fingerprint density at radius 2 is 1.83 bits per heavy atom. The van der Waals surface area contributed by atoms with Gasteiger partial charge < -0.3 is 24.1 Å². The number of fused-ring (bicyclic) bond motifs is 2. The smallest absolute Gasteiger partial charge is 0.259 e. The summed E-state index contributed by atoms with van der Waals surface area (Å²) in [4.78, 5) is 18.2. The van der Waals surface area contributed by atoms with Crippen LogP contribution in [-0.2, 0) is 10.2 Å². The minimum absolute atomic E-state index is 0.188. The second kappa shape index (κ2) is 8.70. The Labute approximate surface area is 202 Å². The molecule has 4 heterocycles. The number of hydrogen-bond donors (Lipinski definition) is 1. The summed E-state index contributed by atoms with van der Waals surface area (Å²) in [6.07, 6.45) is 1.58. The molecular formula is C27H25N3O5. The van der Waals surface area contributed by atoms with Gasteiger partial charge in [0.2, 0.25) is 6.79 Å². The minimum Gasteiger partial charge on any atom is -0.454 e. The zero-order valence-electron chi connectivity index (χ0n) is 19.4. The first-order chi connectivity index (χ1) is 17.1. The number of nitrogens with zero attached hydrogens (tertiary/aromatic N) is 2. The van der Waals surface area contributed by atoms with Crippen molar-refractivity contribution >= 4 is 17.0 Å². The van der Waals surface area contributed by atoms with Crippen LogP contribution < -0.4 is 14.8 Å². The largest absolute Gasteiger partial charge is 0.454 e. The summed E-state index contributed by atoms with van der Waals surface area (Å²) in [5.41, 5.74) is 3.89. The number of rotatable bonds is 5. The van der Waals surface area contributed by atoms with Crippen molar-refractivity contribution in [3.63, 3.8) is 0 Å². The molecule has 6 rings (SSSR count). The van der Waals surface area contributed by atoms with Gasteiger partial charge in [0.05, 0.1) is 22.3 Å². The van der Waals surface area contributed by atoms with Crippen molar-refractivity contribution in [2.75, 3.05) is 26.6 Å². The van der Waals surface area contributed by atoms with E-state index in [-0.39, 0.29) is 18.1 Å². The molecule has 1 fully saturated rings. The van der Waals surface area contributed by atoms with Gasteiger partial charge in [-0.05, 0) is 43.5 Å². The molecule has 2 aliphatic rings. The zero-order valence-corrected chi connectivity index (χ0v) is 19.4. The first-order valence-corrected chi connectivity index (χ1v) is 11.7. The molecule has 2 aromatic carbocycles. The molecule has 0 radical (unpaired) electrons. The first kappa shape index (κ1) is 21.6. The molecule has 0 atom stereocenters. The molecule has 0 saturated carbocycles. The highest BCUT2D eigenvalue weighted by Crippen LogP contribution is 2.40. The molecule has 1 amide bonds. The molecule has 8 nitrogen and oxygen atoms in total. The second-order valence-electron chi connectivity index (χ2n) is 9.01. The van der Waals surface area contributed by atoms with E-state index in [0.29, 0.717) is 47.8 Å². The summed E-state index contributed by atoms with van der Waals surface area (Å²) < 4.78 is 22.2. The van der Waals surface area contributed by atoms with Gasteiger partial charge in [0.15, 0.2) is 11.5 Å². The van der Waals surface area contributed by atoms with E-state index in [2.05, 4.69) is 21.5 Å². The first-order valence-electron chi connectivity index (χ1n) is 11.7. The number of carbonyl (C=O) groups is 1. The summed E-state index contributed by atoms with van der Waals surface area (Å²) >= 11 is 0. The summed E-state index contributed by atoms with van der Waals surface area (Å²) in [6.45, 7) is 3.77. The quantitative estimate of drug-likeness (QED) is 0.461. The summed E-state index contributed by atoms with van der Waals surface area (Å²) in [7, 11) is 0. The van der Waals surface area contributed by atoms with E-state index in [9.17, 15) is 4.79 Å². The third kappa shape index (κ3) is 3.89. The number of aryl methyl sites for hydroxylation is 1. The lowest BCUT2D eigenvalue weighted by Crippen LogP contribution is -2.44. The van der Waals surface area contributed by atoms with Crippen molar-refractivity contribution in [2.24, 2.45) is 0 Å². The number of hydrogen-bond acceptors (Lipinski definition) is 7. The van der Waals surface area contributed by atoms with Crippen molar-refractivity contribution in [1.29, 1.82) is 0 Å². The lowest BCUT2D eigenvalue weighted by Gasteiger charge is -2.38. The maximum atomic E-state index is 13.6. The summed E-state index contributed by atoms with van der Waals surface area (Å²) in [5, 5.41) is 7.89. The molecule has 2 aliphatic heterocycles. The van der Waals surface area contributed by atoms with Crippen LogP contribution in [0.25, 0.3) is 22.4 Å². The monoisotopic (exact) mass is 471 g/mol. The van der Waals surface area contributed by atoms with Gasteiger partial charge in [-0.15, -0.1) is 0 Å². The molecule has 1 saturated heterocycles. The lowest BCUT2D eigenvalue weighted by atomic mass is 9.74. The normalized spacial score (nSPS) is 16.4. The van der Waals surface area contributed by atoms with E-state index in [4.69, 9.17) is 18.7 Å². The summed E-state index contributed by atoms with van der Waals surface area (Å²) in [6, 6.07) is 17.6. The molecule has 35 heavy (non-hydrogen) atoms. The van der Waals surface area contributed by atoms with Crippen LogP contribution in [0, 0.1) is 6.92 Å². The van der Waals surface area contributed by atoms with E-state index in [1.165, 1.54) is 0 Å². The third-order valence-electron chi connectivity index (χ3n) is 6.95. The number of ether oxygens (including phenoxy) is 3. The van der Waals surface area contributed by atoms with Crippen LogP contribution in [-0.4, -0.2) is 42.6 Å². The van der Waals surface area contributed by atoms with Crippen LogP contribution in [0.2, 0.25) is 0 Å². The minimum atomic E-state index is -0.271. The lowest BCUT2D eigenvalue weighted by molar-refractivity contribution is 0.0486. The highest BCUT2D eigenvalue weighted by molar-refractivity contribution is 6.07. The Hall–Kier alpha value is -3.91. The molecule has 4 aromatic rings. The number of nitrogens with one attached hydrogen (secondary N) is 1. The molecule has 0 spiro atoms. The van der Waals surface area contributed by atoms with Gasteiger partial charge in [0, 0.05) is 30.7 Å². The topological polar surface area (TPSA) is 95.7 Å². The second-order valence-corrected chi connectivity index (χ2v) is 9.01. The van der Waals surface area contributed by atoms with Gasteiger partial charge in [-0.1, -0.05) is 41.6 Å². The predicted octanol–water partition coefficient (Wildman–Crippen LogP) is 4.41. The van der Waals surface area contributed by atoms with E-state index in [1.54, 1.807) is 0 Å². The SMILES string of the molecule is Cc1noc2nc(-c3ccccc3)cc(C(=O)NCC3(c4ccc5c(c4)OCO5)CCOCC3)c12. The molecule has 1 N–H and O–H groups in total. The van der Waals surface area contributed by atoms with Crippen molar-refractivity contribution in [1.82, 2.24) is 15.5 Å². The number of aromatic nitrogens is 2. The standard InChI is InChI=1S/C27H25N3O5/c1-17-24-20(14-21(29-26(24)35-30-17)18-5-3-2-4-6-18)25(31)28-15-27(9-11-32-12-10-27)19-7-8-22-23(13-19)34-16-33-22/h2-8,13-14H,9-12,15-16H2,1H3,(H,28,31). The molecule has 8 heteroatoms. The van der Waals surface area contributed by atoms with Crippen molar-refractivity contribution in [3.05, 3.63) is 71.4 Å². The molecular weight excluding hydrogens is 446 g/mol. The van der Waals surface area contributed by atoms with E-state index in [1.807, 2.05) is 55.5 Å². The maximum absolute atomic E-state index is 13.6. The van der Waals surface area contributed by atoms with Gasteiger partial charge in [-0.2, -0.15) is 0 Å². The van der Waals surface area contributed by atoms with E-state index >= 15 is 0 Å². The average molecular weight is 472 g/mol. The van der Waals surface area contributed by atoms with Crippen LogP contribution in [0.15, 0.2) is 59.1 Å². The van der Waals surface area contributed by atoms with Crippen LogP contribution >= 0.6 is 0 Å². The van der Waals surface area contributed by atoms with Gasteiger partial charge in [-0.25, -0.2) is 4.98 Å². The molecule has 0 aliphatic carbocycles. The molecule has 2 aromatic heterocycles. The Morgan fingerprint density at radius 3 is 2.66 bits per heavy atom. The highest BCUT2D eigenvalue weighted by atomic mass is 16.7. The third-order valence-corrected chi connectivity index (χ3v) is 6.95. The fourth-order valence-corrected chi connectivity index (χ4v) is 4.93. The van der Waals surface area contributed by atoms with Crippen LogP contribution in [0.3, 0.4) is 0 Å². The molecule has 0 unspecified atom stereocenters. The van der Waals surface area contributed by atoms with Crippen molar-refractivity contribution in [3.8, 4) is 22.8 Å². The van der Waals surface area contributed by atoms with E-state index in [0.717, 1.165) is 35.5 Å². The van der Waals surface area contributed by atoms with Crippen LogP contribution in [0.4, 0.5) is 0 Å². The van der Waals surface area contributed by atoms with E-state index < -0.39 is 0 Å².